The predicted molar refractivity (Wildman–Crippen MR) is 117 cm³/mol. The van der Waals surface area contributed by atoms with Gasteiger partial charge in [0.25, 0.3) is 11.4 Å². The molecule has 0 heterocycles. The molecule has 0 unspecified atom stereocenters. The topological polar surface area (TPSA) is 194 Å². The van der Waals surface area contributed by atoms with E-state index in [0.717, 1.165) is 6.07 Å². The van der Waals surface area contributed by atoms with E-state index in [-0.39, 0.29) is 24.3 Å². The van der Waals surface area contributed by atoms with Gasteiger partial charge in [-0.1, -0.05) is 12.1 Å². The van der Waals surface area contributed by atoms with Gasteiger partial charge < -0.3 is 14.4 Å². The first-order valence-electron chi connectivity index (χ1n) is 9.28. The average Bonchev–Trinajstić information content (AvgIpc) is 2.66. The Morgan fingerprint density at radius 3 is 2.06 bits per heavy atom. The van der Waals surface area contributed by atoms with Crippen molar-refractivity contribution in [2.24, 2.45) is 5.14 Å². The minimum absolute atomic E-state index is 0.0149. The summed E-state index contributed by atoms with van der Waals surface area (Å²) in [5.41, 5.74) is -1.85. The number of non-ortho nitro benzene ring substituents is 1. The van der Waals surface area contributed by atoms with E-state index in [0.29, 0.717) is 6.07 Å². The lowest BCUT2D eigenvalue weighted by molar-refractivity contribution is -0.392. The number of anilines is 1. The van der Waals surface area contributed by atoms with Crippen molar-refractivity contribution in [3.05, 3.63) is 44.5 Å². The maximum Gasteiger partial charge on any atom is 0.355 e. The zero-order chi connectivity index (χ0) is 24.5. The Balaban J connectivity index is 2.97. The second kappa shape index (κ2) is 9.08. The maximum absolute atomic E-state index is 13.4. The van der Waals surface area contributed by atoms with Gasteiger partial charge in [-0.3, -0.25) is 24.8 Å². The molecule has 0 aliphatic carbocycles. The minimum Gasteiger partial charge on any atom is -0.363 e. The van der Waals surface area contributed by atoms with Gasteiger partial charge in [-0.15, -0.1) is 0 Å². The zero-order valence-electron chi connectivity index (χ0n) is 17.7. The molecule has 2 aromatic rings. The fourth-order valence-electron chi connectivity index (χ4n) is 3.15. The summed E-state index contributed by atoms with van der Waals surface area (Å²) in [6.07, 6.45) is 0. The largest absolute Gasteiger partial charge is 0.363 e. The van der Waals surface area contributed by atoms with Crippen molar-refractivity contribution in [3.8, 4) is 0 Å². The van der Waals surface area contributed by atoms with Crippen LogP contribution in [0.15, 0.2) is 29.2 Å². The minimum atomic E-state index is -4.43. The zero-order valence-corrected chi connectivity index (χ0v) is 19.4. The molecule has 32 heavy (non-hydrogen) atoms. The quantitative estimate of drug-likeness (QED) is 0.281. The third-order valence-electron chi connectivity index (χ3n) is 4.49. The third-order valence-corrected chi connectivity index (χ3v) is 8.13. The highest BCUT2D eigenvalue weighted by molar-refractivity contribution is 7.89. The molecule has 0 fully saturated rings. The van der Waals surface area contributed by atoms with E-state index in [9.17, 15) is 33.2 Å². The number of rotatable bonds is 10. The number of benzene rings is 2. The fraction of sp³-hybridized carbons (Fsp3) is 0.412. The number of nitrogens with zero attached hydrogens (tertiary/aromatic N) is 2. The van der Waals surface area contributed by atoms with Crippen LogP contribution in [-0.2, 0) is 23.6 Å². The first-order valence-corrected chi connectivity index (χ1v) is 12.4. The number of nitro benzene ring substituents is 2. The van der Waals surface area contributed by atoms with Crippen LogP contribution in [0, 0.1) is 20.2 Å². The number of primary sulfonamides is 1. The molecule has 0 aliphatic rings. The van der Waals surface area contributed by atoms with Crippen molar-refractivity contribution >= 4 is 45.5 Å². The van der Waals surface area contributed by atoms with Crippen LogP contribution in [-0.4, -0.2) is 36.8 Å². The van der Waals surface area contributed by atoms with E-state index in [1.165, 1.54) is 26.0 Å². The standard InChI is InChI=1S/C17H23N4O9PS/c1-5-29-31(26,30-6-2)17(3,4)19-16-11-8-7-9-14(32(18,27)28)15(11)12(20(22)23)10-13(16)21(24)25/h7-10,19H,5-6H2,1-4H3,(H2,18,27,28). The van der Waals surface area contributed by atoms with Crippen molar-refractivity contribution in [2.75, 3.05) is 18.5 Å². The van der Waals surface area contributed by atoms with Crippen molar-refractivity contribution in [2.45, 2.75) is 37.9 Å². The number of nitrogens with one attached hydrogen (secondary N) is 1. The number of hydrogen-bond acceptors (Lipinski definition) is 10. The smallest absolute Gasteiger partial charge is 0.355 e. The Kier molecular flexibility index (Phi) is 7.27. The van der Waals surface area contributed by atoms with Gasteiger partial charge in [-0.25, -0.2) is 13.6 Å². The number of sulfonamides is 1. The van der Waals surface area contributed by atoms with E-state index in [4.69, 9.17) is 14.2 Å². The molecule has 0 saturated heterocycles. The lowest BCUT2D eigenvalue weighted by Crippen LogP contribution is -2.33. The molecule has 13 nitrogen and oxygen atoms in total. The Hall–Kier alpha value is -2.64. The van der Waals surface area contributed by atoms with Crippen LogP contribution in [0.1, 0.15) is 27.7 Å². The highest BCUT2D eigenvalue weighted by Gasteiger charge is 2.45. The van der Waals surface area contributed by atoms with E-state index >= 15 is 0 Å². The summed E-state index contributed by atoms with van der Waals surface area (Å²) in [5, 5.41) is 29.2. The summed E-state index contributed by atoms with van der Waals surface area (Å²) < 4.78 is 48.2. The molecule has 0 aromatic heterocycles. The SMILES string of the molecule is CCOP(=O)(OCC)C(C)(C)Nc1c([N+](=O)[O-])cc([N+](=O)[O-])c2c(S(N)(=O)=O)cccc12. The van der Waals surface area contributed by atoms with Crippen LogP contribution < -0.4 is 10.5 Å². The van der Waals surface area contributed by atoms with Crippen LogP contribution in [0.25, 0.3) is 10.8 Å². The van der Waals surface area contributed by atoms with Gasteiger partial charge in [0.15, 0.2) is 0 Å². The Morgan fingerprint density at radius 2 is 1.62 bits per heavy atom. The van der Waals surface area contributed by atoms with Crippen molar-refractivity contribution in [1.29, 1.82) is 0 Å². The van der Waals surface area contributed by atoms with E-state index in [1.807, 2.05) is 0 Å². The Morgan fingerprint density at radius 1 is 1.09 bits per heavy atom. The number of fused-ring (bicyclic) bond motifs is 1. The first kappa shape index (κ1) is 25.6. The summed E-state index contributed by atoms with van der Waals surface area (Å²) in [5.74, 6) is 0. The molecule has 2 aromatic carbocycles. The second-order valence-corrected chi connectivity index (χ2v) is 11.2. The molecule has 3 N–H and O–H groups in total. The van der Waals surface area contributed by atoms with Gasteiger partial charge in [0.2, 0.25) is 10.0 Å². The molecule has 2 rings (SSSR count). The first-order chi connectivity index (χ1) is 14.7. The number of nitrogens with two attached hydrogens (primary N) is 1. The number of nitro groups is 2. The highest BCUT2D eigenvalue weighted by atomic mass is 32.2. The molecular weight excluding hydrogens is 467 g/mol. The monoisotopic (exact) mass is 490 g/mol. The van der Waals surface area contributed by atoms with Gasteiger partial charge in [-0.05, 0) is 33.8 Å². The maximum atomic E-state index is 13.4. The summed E-state index contributed by atoms with van der Waals surface area (Å²) in [7, 11) is -8.33. The molecule has 176 valence electrons. The Bertz CT molecular complexity index is 1220. The van der Waals surface area contributed by atoms with Gasteiger partial charge in [0.05, 0.1) is 39.4 Å². The van der Waals surface area contributed by atoms with Crippen LogP contribution in [0.4, 0.5) is 17.1 Å². The van der Waals surface area contributed by atoms with Crippen molar-refractivity contribution < 1.29 is 31.9 Å². The van der Waals surface area contributed by atoms with Gasteiger partial charge in [0.1, 0.15) is 11.0 Å². The lowest BCUT2D eigenvalue weighted by Gasteiger charge is -2.34. The van der Waals surface area contributed by atoms with Crippen LogP contribution >= 0.6 is 7.60 Å². The third kappa shape index (κ3) is 4.74. The highest BCUT2D eigenvalue weighted by Crippen LogP contribution is 2.60. The number of hydrogen-bond donors (Lipinski definition) is 2. The summed E-state index contributed by atoms with van der Waals surface area (Å²) in [4.78, 5) is 21.0. The van der Waals surface area contributed by atoms with Crippen LogP contribution in [0.3, 0.4) is 0 Å². The van der Waals surface area contributed by atoms with Crippen molar-refractivity contribution in [1.82, 2.24) is 0 Å². The predicted octanol–water partition coefficient (Wildman–Crippen LogP) is 3.72. The molecule has 0 radical (unpaired) electrons. The van der Waals surface area contributed by atoms with E-state index in [2.05, 4.69) is 5.32 Å². The lowest BCUT2D eigenvalue weighted by atomic mass is 10.0. The average molecular weight is 490 g/mol. The molecule has 15 heteroatoms. The normalized spacial score (nSPS) is 12.7. The van der Waals surface area contributed by atoms with Gasteiger partial charge >= 0.3 is 7.60 Å². The summed E-state index contributed by atoms with van der Waals surface area (Å²) >= 11 is 0. The molecular formula is C17H23N4O9PS. The van der Waals surface area contributed by atoms with Crippen LogP contribution in [0.2, 0.25) is 0 Å². The van der Waals surface area contributed by atoms with E-state index < -0.39 is 54.4 Å². The van der Waals surface area contributed by atoms with E-state index in [1.54, 1.807) is 13.8 Å². The molecule has 0 aliphatic heterocycles. The molecule has 0 atom stereocenters. The van der Waals surface area contributed by atoms with Gasteiger partial charge in [0, 0.05) is 5.39 Å². The fourth-order valence-corrected chi connectivity index (χ4v) is 5.56. The Labute approximate surface area is 183 Å². The molecule has 0 spiro atoms. The summed E-state index contributed by atoms with van der Waals surface area (Å²) in [6.45, 7) is 6.04. The molecule has 0 amide bonds. The molecule has 0 saturated carbocycles. The summed E-state index contributed by atoms with van der Waals surface area (Å²) in [6, 6.07) is 4.17. The van der Waals surface area contributed by atoms with Crippen molar-refractivity contribution in [3.63, 3.8) is 0 Å². The molecule has 0 bridgehead atoms. The second-order valence-electron chi connectivity index (χ2n) is 7.04. The van der Waals surface area contributed by atoms with Gasteiger partial charge in [-0.2, -0.15) is 0 Å². The van der Waals surface area contributed by atoms with Crippen LogP contribution in [0.5, 0.6) is 0 Å².